The molecule has 5 rings (SSSR count). The van der Waals surface area contributed by atoms with Crippen molar-refractivity contribution < 1.29 is 23.0 Å². The molecule has 1 N–H and O–H groups in total. The maximum atomic E-state index is 14.1. The predicted octanol–water partition coefficient (Wildman–Crippen LogP) is 2.54. The Morgan fingerprint density at radius 1 is 1.00 bits per heavy atom. The summed E-state index contributed by atoms with van der Waals surface area (Å²) in [4.78, 5) is 27.6. The Kier molecular flexibility index (Phi) is 6.18. The number of methoxy groups -OCH3 is 2. The van der Waals surface area contributed by atoms with Gasteiger partial charge in [-0.05, 0) is 12.1 Å². The molecule has 1 saturated heterocycles. The molecule has 1 aliphatic rings. The molecule has 182 valence electrons. The van der Waals surface area contributed by atoms with Gasteiger partial charge in [-0.1, -0.05) is 6.07 Å². The van der Waals surface area contributed by atoms with Crippen molar-refractivity contribution in [2.45, 2.75) is 6.43 Å². The van der Waals surface area contributed by atoms with Crippen molar-refractivity contribution in [3.05, 3.63) is 36.4 Å². The summed E-state index contributed by atoms with van der Waals surface area (Å²) in [5, 5.41) is 2.98. The van der Waals surface area contributed by atoms with Crippen molar-refractivity contribution in [2.75, 3.05) is 50.7 Å². The fourth-order valence-electron chi connectivity index (χ4n) is 3.66. The summed E-state index contributed by atoms with van der Waals surface area (Å²) in [5.74, 6) is 0.895. The number of nitrogens with one attached hydrogen (secondary N) is 1. The zero-order valence-electron chi connectivity index (χ0n) is 18.9. The zero-order valence-corrected chi connectivity index (χ0v) is 18.9. The van der Waals surface area contributed by atoms with E-state index in [1.807, 2.05) is 4.90 Å². The highest BCUT2D eigenvalue weighted by Gasteiger charge is 2.25. The smallest absolute Gasteiger partial charge is 0.296 e. The molecule has 4 heterocycles. The summed E-state index contributed by atoms with van der Waals surface area (Å²) >= 11 is 0. The van der Waals surface area contributed by atoms with Crippen molar-refractivity contribution in [3.63, 3.8) is 0 Å². The lowest BCUT2D eigenvalue weighted by Crippen LogP contribution is -2.37. The number of morpholine rings is 1. The van der Waals surface area contributed by atoms with Gasteiger partial charge < -0.3 is 24.4 Å². The predicted molar refractivity (Wildman–Crippen MR) is 121 cm³/mol. The van der Waals surface area contributed by atoms with E-state index in [-0.39, 0.29) is 17.4 Å². The Labute approximate surface area is 197 Å². The molecular weight excluding hydrogens is 464 g/mol. The molecule has 0 bridgehead atoms. The molecule has 1 aromatic carbocycles. The number of halogens is 2. The summed E-state index contributed by atoms with van der Waals surface area (Å²) in [6.07, 6.45) is -1.57. The second-order valence-corrected chi connectivity index (χ2v) is 7.36. The van der Waals surface area contributed by atoms with Crippen LogP contribution in [0.3, 0.4) is 0 Å². The van der Waals surface area contributed by atoms with Crippen LogP contribution in [0.15, 0.2) is 30.6 Å². The van der Waals surface area contributed by atoms with Gasteiger partial charge in [-0.2, -0.15) is 15.0 Å². The average molecular weight is 485 g/mol. The van der Waals surface area contributed by atoms with Gasteiger partial charge in [-0.25, -0.2) is 23.7 Å². The lowest BCUT2D eigenvalue weighted by molar-refractivity contribution is 0.122. The molecular formula is C21H21F2N9O3. The number of nitrogens with zero attached hydrogens (tertiary/aromatic N) is 8. The number of imidazole rings is 1. The van der Waals surface area contributed by atoms with E-state index in [2.05, 4.69) is 35.2 Å². The van der Waals surface area contributed by atoms with E-state index in [4.69, 9.17) is 14.2 Å². The van der Waals surface area contributed by atoms with E-state index in [1.165, 1.54) is 25.1 Å². The number of para-hydroxylation sites is 1. The SMILES string of the molecule is COc1cc(Nc2nc(N3CCOCC3)nc(-n3c(C(F)F)nc4c(OC)cccc43)n2)ncn1. The van der Waals surface area contributed by atoms with Crippen molar-refractivity contribution in [1.82, 2.24) is 34.5 Å². The first-order valence-corrected chi connectivity index (χ1v) is 10.6. The molecule has 0 saturated carbocycles. The second-order valence-electron chi connectivity index (χ2n) is 7.36. The van der Waals surface area contributed by atoms with Crippen LogP contribution in [0.25, 0.3) is 17.0 Å². The average Bonchev–Trinajstić information content (AvgIpc) is 3.29. The van der Waals surface area contributed by atoms with Crippen molar-refractivity contribution in [1.29, 1.82) is 0 Å². The summed E-state index contributed by atoms with van der Waals surface area (Å²) in [7, 11) is 2.93. The fraction of sp³-hybridized carbons (Fsp3) is 0.333. The number of anilines is 3. The molecule has 0 aliphatic carbocycles. The molecule has 4 aromatic rings. The number of ether oxygens (including phenoxy) is 3. The van der Waals surface area contributed by atoms with Gasteiger partial charge in [0.05, 0.1) is 33.0 Å². The van der Waals surface area contributed by atoms with Crippen LogP contribution in [0.5, 0.6) is 11.6 Å². The van der Waals surface area contributed by atoms with E-state index in [9.17, 15) is 8.78 Å². The Bertz CT molecular complexity index is 1350. The third-order valence-electron chi connectivity index (χ3n) is 5.29. The van der Waals surface area contributed by atoms with Crippen LogP contribution in [-0.4, -0.2) is 75.0 Å². The van der Waals surface area contributed by atoms with Crippen LogP contribution < -0.4 is 19.7 Å². The van der Waals surface area contributed by atoms with Crippen molar-refractivity contribution in [3.8, 4) is 17.6 Å². The van der Waals surface area contributed by atoms with Gasteiger partial charge in [0.1, 0.15) is 23.4 Å². The first-order valence-electron chi connectivity index (χ1n) is 10.6. The number of fused-ring (bicyclic) bond motifs is 1. The van der Waals surface area contributed by atoms with E-state index in [0.717, 1.165) is 0 Å². The lowest BCUT2D eigenvalue weighted by atomic mass is 10.3. The van der Waals surface area contributed by atoms with Crippen molar-refractivity contribution >= 4 is 28.7 Å². The van der Waals surface area contributed by atoms with E-state index >= 15 is 0 Å². The maximum Gasteiger partial charge on any atom is 0.296 e. The summed E-state index contributed by atoms with van der Waals surface area (Å²) in [6.45, 7) is 2.04. The number of benzene rings is 1. The quantitative estimate of drug-likeness (QED) is 0.415. The van der Waals surface area contributed by atoms with Crippen LogP contribution in [0.1, 0.15) is 12.2 Å². The van der Waals surface area contributed by atoms with Crippen molar-refractivity contribution in [2.24, 2.45) is 0 Å². The standard InChI is InChI=1S/C21H21F2N9O3/c1-33-13-5-3-4-12-16(13)27-18(17(22)23)32(12)21-29-19(26-14-10-15(34-2)25-11-24-14)28-20(30-21)31-6-8-35-9-7-31/h3-5,10-11,17H,6-9H2,1-2H3,(H,24,25,26,28,29,30). The summed E-state index contributed by atoms with van der Waals surface area (Å²) in [5.41, 5.74) is 0.641. The van der Waals surface area contributed by atoms with E-state index in [1.54, 1.807) is 24.3 Å². The minimum Gasteiger partial charge on any atom is -0.494 e. The number of hydrogen-bond donors (Lipinski definition) is 1. The van der Waals surface area contributed by atoms with Gasteiger partial charge in [0, 0.05) is 19.2 Å². The molecule has 0 atom stereocenters. The van der Waals surface area contributed by atoms with Gasteiger partial charge in [-0.3, -0.25) is 4.57 Å². The molecule has 14 heteroatoms. The van der Waals surface area contributed by atoms with Gasteiger partial charge in [0.25, 0.3) is 6.43 Å². The highest BCUT2D eigenvalue weighted by Crippen LogP contribution is 2.32. The third-order valence-corrected chi connectivity index (χ3v) is 5.29. The molecule has 0 radical (unpaired) electrons. The Morgan fingerprint density at radius 3 is 2.54 bits per heavy atom. The number of hydrogen-bond acceptors (Lipinski definition) is 11. The van der Waals surface area contributed by atoms with Crippen LogP contribution in [0.2, 0.25) is 0 Å². The van der Waals surface area contributed by atoms with E-state index < -0.39 is 12.2 Å². The highest BCUT2D eigenvalue weighted by molar-refractivity contribution is 5.84. The van der Waals surface area contributed by atoms with Crippen LogP contribution in [0, 0.1) is 0 Å². The topological polar surface area (TPSA) is 125 Å². The van der Waals surface area contributed by atoms with Gasteiger partial charge in [0.15, 0.2) is 5.82 Å². The normalized spacial score (nSPS) is 13.9. The molecule has 3 aromatic heterocycles. The third kappa shape index (κ3) is 4.47. The summed E-state index contributed by atoms with van der Waals surface area (Å²) < 4.78 is 45.3. The number of alkyl halides is 2. The van der Waals surface area contributed by atoms with Crippen LogP contribution in [-0.2, 0) is 4.74 Å². The van der Waals surface area contributed by atoms with Gasteiger partial charge in [-0.15, -0.1) is 0 Å². The number of aromatic nitrogens is 7. The summed E-state index contributed by atoms with van der Waals surface area (Å²) in [6, 6.07) is 6.54. The van der Waals surface area contributed by atoms with Gasteiger partial charge >= 0.3 is 0 Å². The monoisotopic (exact) mass is 485 g/mol. The minimum absolute atomic E-state index is 0.0314. The maximum absolute atomic E-state index is 14.1. The second kappa shape index (κ2) is 9.58. The van der Waals surface area contributed by atoms with Crippen LogP contribution >= 0.6 is 0 Å². The van der Waals surface area contributed by atoms with Gasteiger partial charge in [0.2, 0.25) is 23.7 Å². The highest BCUT2D eigenvalue weighted by atomic mass is 19.3. The fourth-order valence-corrected chi connectivity index (χ4v) is 3.66. The first-order chi connectivity index (χ1) is 17.1. The van der Waals surface area contributed by atoms with E-state index in [0.29, 0.717) is 55.2 Å². The van der Waals surface area contributed by atoms with Crippen LogP contribution in [0.4, 0.5) is 26.5 Å². The minimum atomic E-state index is -2.89. The Hall–Kier alpha value is -4.20. The first kappa shape index (κ1) is 22.6. The lowest BCUT2D eigenvalue weighted by Gasteiger charge is -2.27. The molecule has 1 aliphatic heterocycles. The molecule has 0 unspecified atom stereocenters. The molecule has 1 fully saturated rings. The Balaban J connectivity index is 1.67. The molecule has 0 spiro atoms. The zero-order chi connectivity index (χ0) is 24.4. The molecule has 35 heavy (non-hydrogen) atoms. The largest absolute Gasteiger partial charge is 0.494 e. The number of rotatable bonds is 7. The Morgan fingerprint density at radius 2 is 1.80 bits per heavy atom. The molecule has 12 nitrogen and oxygen atoms in total. The molecule has 0 amide bonds.